The van der Waals surface area contributed by atoms with Gasteiger partial charge in [0, 0.05) is 30.9 Å². The molecule has 7 heteroatoms. The maximum atomic E-state index is 11.6. The molecule has 0 spiro atoms. The molecule has 1 saturated heterocycles. The molecule has 0 radical (unpaired) electrons. The summed E-state index contributed by atoms with van der Waals surface area (Å²) in [5.41, 5.74) is 7.18. The fourth-order valence-corrected chi connectivity index (χ4v) is 2.97. The lowest BCUT2D eigenvalue weighted by Crippen LogP contribution is -2.45. The molecule has 2 heterocycles. The molecule has 3 N–H and O–H groups in total. The molecule has 0 unspecified atom stereocenters. The molecule has 1 aromatic heterocycles. The van der Waals surface area contributed by atoms with Crippen molar-refractivity contribution in [2.45, 2.75) is 18.9 Å². The first-order chi connectivity index (χ1) is 12.6. The molecule has 0 bridgehead atoms. The van der Waals surface area contributed by atoms with Gasteiger partial charge < -0.3 is 20.7 Å². The summed E-state index contributed by atoms with van der Waals surface area (Å²) in [7, 11) is 0. The number of pyridine rings is 1. The summed E-state index contributed by atoms with van der Waals surface area (Å²) in [5, 5.41) is 2.76. The van der Waals surface area contributed by atoms with E-state index < -0.39 is 18.6 Å². The van der Waals surface area contributed by atoms with Gasteiger partial charge in [0.15, 0.2) is 6.61 Å². The number of alkyl carbamates (subject to hydrolysis) is 1. The third kappa shape index (κ3) is 4.72. The number of carbonyl (C=O) groups is 2. The third-order valence-electron chi connectivity index (χ3n) is 4.34. The zero-order valence-corrected chi connectivity index (χ0v) is 14.4. The van der Waals surface area contributed by atoms with Crippen molar-refractivity contribution < 1.29 is 14.3 Å². The number of benzene rings is 1. The van der Waals surface area contributed by atoms with Gasteiger partial charge in [-0.2, -0.15) is 0 Å². The van der Waals surface area contributed by atoms with Crippen molar-refractivity contribution in [3.8, 4) is 11.1 Å². The van der Waals surface area contributed by atoms with Crippen LogP contribution in [-0.4, -0.2) is 42.7 Å². The predicted molar refractivity (Wildman–Crippen MR) is 98.6 cm³/mol. The number of nitrogens with zero attached hydrogens (tertiary/aromatic N) is 2. The molecule has 1 aliphatic rings. The summed E-state index contributed by atoms with van der Waals surface area (Å²) in [6.45, 7) is 1.18. The highest BCUT2D eigenvalue weighted by Gasteiger charge is 2.22. The first-order valence-electron chi connectivity index (χ1n) is 8.60. The minimum Gasteiger partial charge on any atom is -0.439 e. The van der Waals surface area contributed by atoms with Crippen molar-refractivity contribution in [3.63, 3.8) is 0 Å². The van der Waals surface area contributed by atoms with Gasteiger partial charge in [-0.25, -0.2) is 9.78 Å². The number of ether oxygens (including phenoxy) is 1. The number of amides is 2. The Balaban J connectivity index is 1.50. The van der Waals surface area contributed by atoms with E-state index in [1.165, 1.54) is 0 Å². The van der Waals surface area contributed by atoms with E-state index >= 15 is 0 Å². The number of primary amides is 1. The first-order valence-corrected chi connectivity index (χ1v) is 8.60. The van der Waals surface area contributed by atoms with Crippen LogP contribution >= 0.6 is 0 Å². The minimum atomic E-state index is -0.667. The highest BCUT2D eigenvalue weighted by Crippen LogP contribution is 2.22. The molecule has 2 amide bonds. The molecule has 7 nitrogen and oxygen atoms in total. The normalized spacial score (nSPS) is 14.7. The van der Waals surface area contributed by atoms with Crippen molar-refractivity contribution in [2.75, 3.05) is 24.6 Å². The highest BCUT2D eigenvalue weighted by molar-refractivity contribution is 5.78. The van der Waals surface area contributed by atoms with E-state index in [4.69, 9.17) is 10.5 Å². The second-order valence-corrected chi connectivity index (χ2v) is 6.22. The van der Waals surface area contributed by atoms with Crippen LogP contribution in [0.15, 0.2) is 48.7 Å². The zero-order valence-electron chi connectivity index (χ0n) is 14.4. The van der Waals surface area contributed by atoms with E-state index in [-0.39, 0.29) is 6.04 Å². The Bertz CT molecular complexity index is 741. The molecule has 0 aliphatic carbocycles. The van der Waals surface area contributed by atoms with E-state index in [0.717, 1.165) is 42.9 Å². The Morgan fingerprint density at radius 1 is 1.12 bits per heavy atom. The van der Waals surface area contributed by atoms with Crippen molar-refractivity contribution in [3.05, 3.63) is 48.7 Å². The summed E-state index contributed by atoms with van der Waals surface area (Å²) in [5.74, 6) is 0.263. The molecule has 1 aromatic carbocycles. The zero-order chi connectivity index (χ0) is 18.4. The standard InChI is InChI=1S/C19H22N4O3/c20-17(24)13-26-19(25)22-16-8-10-23(11-9-16)18-7-6-15(12-21-18)14-4-2-1-3-5-14/h1-7,12,16H,8-11,13H2,(H2,20,24)(H,22,25). The van der Waals surface area contributed by atoms with Crippen LogP contribution in [0.4, 0.5) is 10.6 Å². The first kappa shape index (κ1) is 17.7. The van der Waals surface area contributed by atoms with Crippen LogP contribution in [-0.2, 0) is 9.53 Å². The van der Waals surface area contributed by atoms with Crippen LogP contribution in [0, 0.1) is 0 Å². The van der Waals surface area contributed by atoms with Crippen LogP contribution in [0.1, 0.15) is 12.8 Å². The Morgan fingerprint density at radius 3 is 2.46 bits per heavy atom. The number of anilines is 1. The number of hydrogen-bond donors (Lipinski definition) is 2. The maximum absolute atomic E-state index is 11.6. The molecule has 26 heavy (non-hydrogen) atoms. The molecule has 2 aromatic rings. The average Bonchev–Trinajstić information content (AvgIpc) is 2.68. The van der Waals surface area contributed by atoms with E-state index in [1.54, 1.807) is 0 Å². The van der Waals surface area contributed by atoms with Gasteiger partial charge in [-0.05, 0) is 30.5 Å². The fraction of sp³-hybridized carbons (Fsp3) is 0.316. The molecule has 3 rings (SSSR count). The highest BCUT2D eigenvalue weighted by atomic mass is 16.6. The maximum Gasteiger partial charge on any atom is 0.407 e. The molecule has 0 atom stereocenters. The van der Waals surface area contributed by atoms with Crippen LogP contribution in [0.2, 0.25) is 0 Å². The van der Waals surface area contributed by atoms with Crippen LogP contribution in [0.5, 0.6) is 0 Å². The van der Waals surface area contributed by atoms with Gasteiger partial charge in [-0.1, -0.05) is 30.3 Å². The third-order valence-corrected chi connectivity index (χ3v) is 4.34. The van der Waals surface area contributed by atoms with Gasteiger partial charge in [-0.3, -0.25) is 4.79 Å². The monoisotopic (exact) mass is 354 g/mol. The van der Waals surface area contributed by atoms with Crippen molar-refractivity contribution in [1.29, 1.82) is 0 Å². The van der Waals surface area contributed by atoms with Gasteiger partial charge in [0.25, 0.3) is 5.91 Å². The summed E-state index contributed by atoms with van der Waals surface area (Å²) >= 11 is 0. The van der Waals surface area contributed by atoms with Crippen molar-refractivity contribution >= 4 is 17.8 Å². The van der Waals surface area contributed by atoms with Crippen LogP contribution in [0.3, 0.4) is 0 Å². The Morgan fingerprint density at radius 2 is 1.85 bits per heavy atom. The minimum absolute atomic E-state index is 0.0234. The van der Waals surface area contributed by atoms with Crippen LogP contribution < -0.4 is 16.0 Å². The fourth-order valence-electron chi connectivity index (χ4n) is 2.97. The predicted octanol–water partition coefficient (Wildman–Crippen LogP) is 1.93. The van der Waals surface area contributed by atoms with Crippen molar-refractivity contribution in [1.82, 2.24) is 10.3 Å². The number of hydrogen-bond acceptors (Lipinski definition) is 5. The molecule has 0 saturated carbocycles. The largest absolute Gasteiger partial charge is 0.439 e. The lowest BCUT2D eigenvalue weighted by Gasteiger charge is -2.33. The molecule has 136 valence electrons. The van der Waals surface area contributed by atoms with Crippen LogP contribution in [0.25, 0.3) is 11.1 Å². The van der Waals surface area contributed by atoms with Gasteiger partial charge >= 0.3 is 6.09 Å². The summed E-state index contributed by atoms with van der Waals surface area (Å²) < 4.78 is 4.72. The Hall–Kier alpha value is -3.09. The van der Waals surface area contributed by atoms with E-state index in [2.05, 4.69) is 33.4 Å². The van der Waals surface area contributed by atoms with Gasteiger partial charge in [-0.15, -0.1) is 0 Å². The van der Waals surface area contributed by atoms with Gasteiger partial charge in [0.05, 0.1) is 0 Å². The summed E-state index contributed by atoms with van der Waals surface area (Å²) in [6.07, 6.45) is 2.85. The quantitative estimate of drug-likeness (QED) is 0.855. The number of rotatable bonds is 5. The number of nitrogens with two attached hydrogens (primary N) is 1. The molecule has 1 fully saturated rings. The van der Waals surface area contributed by atoms with E-state index in [0.29, 0.717) is 0 Å². The van der Waals surface area contributed by atoms with E-state index in [9.17, 15) is 9.59 Å². The van der Waals surface area contributed by atoms with Crippen molar-refractivity contribution in [2.24, 2.45) is 5.73 Å². The lowest BCUT2D eigenvalue weighted by molar-refractivity contribution is -0.120. The summed E-state index contributed by atoms with van der Waals surface area (Å²) in [4.78, 5) is 29.0. The average molecular weight is 354 g/mol. The molecular weight excluding hydrogens is 332 g/mol. The second kappa shape index (κ2) is 8.33. The lowest BCUT2D eigenvalue weighted by atomic mass is 10.0. The number of piperidine rings is 1. The Labute approximate surface area is 152 Å². The summed E-state index contributed by atoms with van der Waals surface area (Å²) in [6, 6.07) is 14.3. The number of nitrogens with one attached hydrogen (secondary N) is 1. The van der Waals surface area contributed by atoms with Gasteiger partial charge in [0.2, 0.25) is 0 Å². The second-order valence-electron chi connectivity index (χ2n) is 6.22. The number of carbonyl (C=O) groups excluding carboxylic acids is 2. The van der Waals surface area contributed by atoms with E-state index in [1.807, 2.05) is 30.5 Å². The van der Waals surface area contributed by atoms with Gasteiger partial charge in [0.1, 0.15) is 5.82 Å². The topological polar surface area (TPSA) is 97.6 Å². The molecular formula is C19H22N4O3. The molecule has 1 aliphatic heterocycles. The Kier molecular flexibility index (Phi) is 5.68. The smallest absolute Gasteiger partial charge is 0.407 e. The number of aromatic nitrogens is 1. The SMILES string of the molecule is NC(=O)COC(=O)NC1CCN(c2ccc(-c3ccccc3)cn2)CC1.